The minimum Gasteiger partial charge on any atom is -0.479 e. The largest absolute Gasteiger partial charge is 0.479 e. The summed E-state index contributed by atoms with van der Waals surface area (Å²) in [7, 11) is 26.7. The van der Waals surface area contributed by atoms with Gasteiger partial charge < -0.3 is 43.8 Å². The SMILES string of the molecule is CN1CCC[C@H]1c1cnc(Cl)c2[nH]c3ccccc3c12.CN1CCC[C@H]1c1cnc2[nH]c3ccccc3c2c1.CN1CCC[C@H]1c1cnc2[nH]c3ccccc3c2c1C(F)(F)F.CN1CCC[C@H]1c1cnc2c(c1)c1ccccc1n2N(C)C.CN1CCC[C@H]1c1cnc2oc3ccccc3c2c1.COc1ncc([C@@H]2CCCN2C)c2c1[nH]c1ccccc12.COc1ncc([C@@H]2CCCN2C)c2c3ccccc3n(N(C)C)c12. The number of methoxy groups -OCH3 is 2. The summed E-state index contributed by atoms with van der Waals surface area (Å²) in [5.74, 6) is 1.35. The number of ether oxygens (including phenoxy) is 2. The van der Waals surface area contributed by atoms with Crippen LogP contribution >= 0.6 is 11.6 Å². The number of likely N-dealkylation sites (tertiary alicyclic amines) is 7. The number of nitrogens with one attached hydrogen (secondary N) is 4. The normalized spacial score (nSPS) is 19.8. The lowest BCUT2D eigenvalue weighted by molar-refractivity contribution is -0.137. The van der Waals surface area contributed by atoms with Crippen molar-refractivity contribution >= 4 is 165 Å². The second kappa shape index (κ2) is 41.7. The highest BCUT2D eigenvalue weighted by atomic mass is 35.5. The predicted molar refractivity (Wildman–Crippen MR) is 596 cm³/mol. The zero-order valence-electron chi connectivity index (χ0n) is 86.6. The number of halogens is 4. The third-order valence-corrected chi connectivity index (χ3v) is 32.4. The van der Waals surface area contributed by atoms with Crippen LogP contribution in [0.25, 0.3) is 153 Å². The van der Waals surface area contributed by atoms with Crippen molar-refractivity contribution in [1.29, 1.82) is 0 Å². The van der Waals surface area contributed by atoms with E-state index < -0.39 is 11.7 Å². The molecule has 0 radical (unpaired) electrons. The van der Waals surface area contributed by atoms with E-state index in [1.165, 1.54) is 207 Å². The third kappa shape index (κ3) is 18.6. The lowest BCUT2D eigenvalue weighted by Crippen LogP contribution is -2.24. The highest BCUT2D eigenvalue weighted by Gasteiger charge is 2.42. The summed E-state index contributed by atoms with van der Waals surface area (Å²) in [6.45, 7) is 7.81. The fourth-order valence-corrected chi connectivity index (χ4v) is 25.1. The van der Waals surface area contributed by atoms with Gasteiger partial charge in [0.05, 0.1) is 36.3 Å². The average Bonchev–Trinajstić information content (AvgIpc) is 1.57. The average molecular weight is 2010 g/mol. The first-order chi connectivity index (χ1) is 72.0. The van der Waals surface area contributed by atoms with Crippen molar-refractivity contribution < 1.29 is 27.1 Å². The molecule has 7 aliphatic rings. The second-order valence-electron chi connectivity index (χ2n) is 41.5. The van der Waals surface area contributed by atoms with Gasteiger partial charge in [-0.1, -0.05) is 139 Å². The van der Waals surface area contributed by atoms with Crippen LogP contribution in [0.3, 0.4) is 0 Å². The van der Waals surface area contributed by atoms with Gasteiger partial charge in [-0.2, -0.15) is 13.2 Å². The number of aromatic amines is 4. The van der Waals surface area contributed by atoms with Crippen LogP contribution in [0.15, 0.2) is 236 Å². The number of hydrogen-bond acceptors (Lipinski definition) is 19. The van der Waals surface area contributed by atoms with E-state index in [1.807, 2.05) is 67.2 Å². The highest BCUT2D eigenvalue weighted by Crippen LogP contribution is 2.49. The van der Waals surface area contributed by atoms with E-state index in [-0.39, 0.29) is 17.0 Å². The standard InChI is InChI=1S/C19H24N4O.C18H22N4.C17H16F3N3.C17H19N3O.C16H16ClN3.C16H17N3.C16H16N2O/c1-21(2)23-16-9-6-5-8-13(16)17-14(15-10-7-11-22(15)3)12-20-19(24-4)18(17)23;1-20(2)22-17-8-5-4-7-14(17)15-11-13(12-19-18(15)22)16-9-6-10-21(16)3;1-23-8-4-7-13(23)11-9-21-16-14(15(11)17(18,19)20)10-5-2-3-6-12(10)22-16;1-20-9-5-8-14(20)12-10-18-17(21-2)16-15(12)11-6-3-4-7-13(11)19-16;1-20-8-4-7-13(20)11-9-18-16(17)15-14(11)10-5-2-3-6-12(10)19-15;1-19-8-4-7-15(19)11-9-13-12-5-2-3-6-14(12)18-16(13)17-10-11;1-18-8-4-6-14(18)11-9-13-12-5-2-3-7-15(12)19-16(13)17-10-11/h5-6,8-9,12,15H,7,10-11H2,1-4H3;4-5,7-8,11-12,16H,6,9-10H2,1-3H3;2-3,5-6,9,13H,4,7-8H2,1H3,(H,21,22);3-4,6-7,10,14,19H,5,8-9H2,1-2H3;2-3,5-6,9,13,19H,4,7-8H2,1H3;2-3,5-6,9-10,15H,4,7-8H2,1H3,(H,17,18);2-3,5,7,9-10,14H,4,6,8H2,1H3/t15-;16-;13-;14-;13-;15-;14-/m0000000/s1. The fourth-order valence-electron chi connectivity index (χ4n) is 24.9. The first-order valence-electron chi connectivity index (χ1n) is 52.2. The maximum Gasteiger partial charge on any atom is 0.417 e. The Morgan fingerprint density at radius 3 is 1.22 bits per heavy atom. The van der Waals surface area contributed by atoms with Crippen molar-refractivity contribution in [3.8, 4) is 11.8 Å². The first kappa shape index (κ1) is 98.8. The lowest BCUT2D eigenvalue weighted by atomic mass is 9.96. The Labute approximate surface area is 863 Å². The number of alkyl halides is 3. The van der Waals surface area contributed by atoms with E-state index in [1.54, 1.807) is 38.5 Å². The Morgan fingerprint density at radius 2 is 0.709 bits per heavy atom. The molecule has 21 aromatic rings. The Balaban J connectivity index is 0.0000000980. The summed E-state index contributed by atoms with van der Waals surface area (Å²) in [6, 6.07) is 67.1. The van der Waals surface area contributed by atoms with Gasteiger partial charge in [-0.15, -0.1) is 0 Å². The van der Waals surface area contributed by atoms with Crippen molar-refractivity contribution in [2.75, 3.05) is 148 Å². The summed E-state index contributed by atoms with van der Waals surface area (Å²) in [5, 5.41) is 20.4. The predicted octanol–water partition coefficient (Wildman–Crippen LogP) is 25.7. The minimum atomic E-state index is -4.41. The van der Waals surface area contributed by atoms with Crippen molar-refractivity contribution in [3.63, 3.8) is 0 Å². The van der Waals surface area contributed by atoms with E-state index in [0.717, 1.165) is 100.0 Å². The maximum atomic E-state index is 13.9. The number of H-pyrrole nitrogens is 4. The van der Waals surface area contributed by atoms with Gasteiger partial charge in [-0.3, -0.25) is 39.0 Å². The second-order valence-corrected chi connectivity index (χ2v) is 41.9. The van der Waals surface area contributed by atoms with E-state index >= 15 is 0 Å². The molecule has 0 saturated carbocycles. The molecule has 7 atom stereocenters. The van der Waals surface area contributed by atoms with Gasteiger partial charge in [-0.05, 0) is 279 Å². The topological polar surface area (TPSA) is 224 Å². The number of nitrogens with zero attached hydrogens (tertiary/aromatic N) is 18. The summed E-state index contributed by atoms with van der Waals surface area (Å²) in [6.07, 6.45) is 25.5. The van der Waals surface area contributed by atoms with Crippen LogP contribution in [-0.4, -0.2) is 236 Å². The highest BCUT2D eigenvalue weighted by molar-refractivity contribution is 6.35. The maximum absolute atomic E-state index is 13.9. The fraction of sp³-hybridized carbons (Fsp3) is 0.353. The Hall–Kier alpha value is -13.8. The van der Waals surface area contributed by atoms with E-state index in [4.69, 9.17) is 30.5 Å². The molecule has 7 fully saturated rings. The van der Waals surface area contributed by atoms with Crippen LogP contribution in [0.1, 0.15) is 177 Å². The molecule has 29 heteroatoms. The number of aromatic nitrogens is 13. The minimum absolute atomic E-state index is 0.186. The van der Waals surface area contributed by atoms with Crippen molar-refractivity contribution in [1.82, 2.24) is 98.5 Å². The Bertz CT molecular complexity index is 8320. The molecule has 25 nitrogen and oxygen atoms in total. The number of fused-ring (bicyclic) bond motifs is 21. The van der Waals surface area contributed by atoms with E-state index in [0.29, 0.717) is 69.7 Å². The van der Waals surface area contributed by atoms with Crippen LogP contribution in [0.4, 0.5) is 13.2 Å². The van der Waals surface area contributed by atoms with Crippen LogP contribution in [0, 0.1) is 0 Å². The number of para-hydroxylation sites is 7. The summed E-state index contributed by atoms with van der Waals surface area (Å²) < 4.78 is 62.9. The molecule has 7 aliphatic heterocycles. The van der Waals surface area contributed by atoms with Gasteiger partial charge >= 0.3 is 6.18 Å². The molecule has 762 valence electrons. The monoisotopic (exact) mass is 2010 g/mol. The van der Waals surface area contributed by atoms with Gasteiger partial charge in [0.1, 0.15) is 27.9 Å². The Kier molecular flexibility index (Phi) is 27.9. The Morgan fingerprint density at radius 1 is 0.338 bits per heavy atom. The van der Waals surface area contributed by atoms with Crippen LogP contribution in [-0.2, 0) is 6.18 Å². The first-order valence-corrected chi connectivity index (χ1v) is 52.5. The molecule has 28 rings (SSSR count). The summed E-state index contributed by atoms with van der Waals surface area (Å²) in [5.41, 5.74) is 21.2. The molecule has 7 aromatic carbocycles. The molecule has 0 bridgehead atoms. The number of hydrogen-bond donors (Lipinski definition) is 4. The van der Waals surface area contributed by atoms with Gasteiger partial charge in [0.25, 0.3) is 0 Å². The summed E-state index contributed by atoms with van der Waals surface area (Å²) >= 11 is 6.29. The zero-order valence-corrected chi connectivity index (χ0v) is 87.4. The lowest BCUT2D eigenvalue weighted by Gasteiger charge is -2.23. The smallest absolute Gasteiger partial charge is 0.417 e. The molecule has 148 heavy (non-hydrogen) atoms. The molecule has 0 spiro atoms. The molecular weight excluding hydrogens is 1880 g/mol. The third-order valence-electron chi connectivity index (χ3n) is 32.1. The van der Waals surface area contributed by atoms with E-state index in [9.17, 15) is 13.2 Å². The van der Waals surface area contributed by atoms with Crippen LogP contribution in [0.5, 0.6) is 11.8 Å². The van der Waals surface area contributed by atoms with Crippen LogP contribution < -0.4 is 19.5 Å². The van der Waals surface area contributed by atoms with Gasteiger partial charge in [0.15, 0.2) is 10.8 Å². The van der Waals surface area contributed by atoms with Gasteiger partial charge in [-0.25, -0.2) is 39.6 Å². The molecule has 0 amide bonds. The van der Waals surface area contributed by atoms with E-state index in [2.05, 4.69) is 315 Å². The molecular formula is C119H130ClF3N22O3. The molecule has 21 heterocycles. The number of furan rings is 1. The van der Waals surface area contributed by atoms with Crippen molar-refractivity contribution in [2.24, 2.45) is 0 Å². The molecule has 14 aromatic heterocycles. The van der Waals surface area contributed by atoms with Crippen LogP contribution in [0.2, 0.25) is 5.15 Å². The van der Waals surface area contributed by atoms with Gasteiger partial charge in [0.2, 0.25) is 17.5 Å². The molecule has 0 aliphatic carbocycles. The zero-order chi connectivity index (χ0) is 102. The quantitative estimate of drug-likeness (QED) is 0.0884. The van der Waals surface area contributed by atoms with Crippen molar-refractivity contribution in [2.45, 2.75) is 138 Å². The number of rotatable bonds is 11. The number of pyridine rings is 7. The molecule has 7 saturated heterocycles. The molecule has 4 N–H and O–H groups in total. The molecule has 0 unspecified atom stereocenters. The van der Waals surface area contributed by atoms with Gasteiger partial charge in [0, 0.05) is 217 Å². The summed E-state index contributed by atoms with van der Waals surface area (Å²) in [4.78, 5) is 61.6. The van der Waals surface area contributed by atoms with Crippen molar-refractivity contribution in [3.05, 3.63) is 281 Å². The number of benzene rings is 7.